The molecule has 2 heterocycles. The highest BCUT2D eigenvalue weighted by molar-refractivity contribution is 7.98. The summed E-state index contributed by atoms with van der Waals surface area (Å²) in [5.41, 5.74) is 0.964. The molecule has 0 spiro atoms. The molecule has 0 saturated carbocycles. The maximum atomic E-state index is 4.12. The van der Waals surface area contributed by atoms with Crippen molar-refractivity contribution in [3.63, 3.8) is 0 Å². The highest BCUT2D eigenvalue weighted by Gasteiger charge is 2.06. The smallest absolute Gasteiger partial charge is 0.133 e. The van der Waals surface area contributed by atoms with Crippen molar-refractivity contribution >= 4 is 28.3 Å². The summed E-state index contributed by atoms with van der Waals surface area (Å²) in [5.74, 6) is 0.768. The molecule has 7 heteroatoms. The number of nitrogens with zero attached hydrogens (tertiary/aromatic N) is 4. The van der Waals surface area contributed by atoms with Crippen LogP contribution < -0.4 is 5.32 Å². The Kier molecular flexibility index (Phi) is 3.46. The lowest BCUT2D eigenvalue weighted by molar-refractivity contribution is 1.04. The third-order valence-electron chi connectivity index (χ3n) is 1.69. The summed E-state index contributed by atoms with van der Waals surface area (Å²) in [6, 6.07) is 1.88. The van der Waals surface area contributed by atoms with Crippen LogP contribution in [0.25, 0.3) is 0 Å². The summed E-state index contributed by atoms with van der Waals surface area (Å²) in [6.45, 7) is 0. The second-order valence-electron chi connectivity index (χ2n) is 2.64. The Morgan fingerprint density at radius 2 is 2.47 bits per heavy atom. The summed E-state index contributed by atoms with van der Waals surface area (Å²) in [7, 11) is 1.87. The van der Waals surface area contributed by atoms with Crippen molar-refractivity contribution in [2.45, 2.75) is 10.8 Å². The van der Waals surface area contributed by atoms with Crippen molar-refractivity contribution < 1.29 is 0 Å². The molecule has 0 aliphatic carbocycles. The molecule has 2 aromatic heterocycles. The van der Waals surface area contributed by atoms with Gasteiger partial charge >= 0.3 is 0 Å². The van der Waals surface area contributed by atoms with Crippen LogP contribution in [0.1, 0.15) is 5.69 Å². The number of hydrogen-bond donors (Lipinski definition) is 1. The first-order chi connectivity index (χ1) is 7.40. The Balaban J connectivity index is 1.99. The fraction of sp³-hybridized carbons (Fsp3) is 0.250. The van der Waals surface area contributed by atoms with E-state index in [1.54, 1.807) is 24.3 Å². The van der Waals surface area contributed by atoms with Crippen LogP contribution in [0.4, 0.5) is 5.00 Å². The molecule has 2 rings (SSSR count). The van der Waals surface area contributed by atoms with Crippen LogP contribution in [0.15, 0.2) is 23.6 Å². The zero-order valence-electron chi connectivity index (χ0n) is 8.04. The van der Waals surface area contributed by atoms with Gasteiger partial charge in [-0.25, -0.2) is 9.97 Å². The quantitative estimate of drug-likeness (QED) is 0.646. The summed E-state index contributed by atoms with van der Waals surface area (Å²) in [6.07, 6.45) is 3.27. The molecule has 15 heavy (non-hydrogen) atoms. The minimum absolute atomic E-state index is 0.768. The monoisotopic (exact) mass is 239 g/mol. The topological polar surface area (TPSA) is 63.6 Å². The Bertz CT molecular complexity index is 416. The highest BCUT2D eigenvalue weighted by atomic mass is 32.2. The molecule has 0 aliphatic rings. The van der Waals surface area contributed by atoms with Crippen molar-refractivity contribution in [3.8, 4) is 0 Å². The van der Waals surface area contributed by atoms with Crippen LogP contribution >= 0.6 is 23.3 Å². The average Bonchev–Trinajstić information content (AvgIpc) is 2.75. The molecule has 0 aromatic carbocycles. The van der Waals surface area contributed by atoms with Crippen LogP contribution in [-0.2, 0) is 5.75 Å². The number of aromatic nitrogens is 4. The molecule has 0 radical (unpaired) electrons. The molecule has 1 N–H and O–H groups in total. The Morgan fingerprint density at radius 3 is 3.20 bits per heavy atom. The summed E-state index contributed by atoms with van der Waals surface area (Å²) in [5, 5.41) is 9.06. The van der Waals surface area contributed by atoms with E-state index in [-0.39, 0.29) is 0 Å². The van der Waals surface area contributed by atoms with Crippen molar-refractivity contribution in [1.82, 2.24) is 19.6 Å². The number of nitrogens with one attached hydrogen (secondary N) is 1. The summed E-state index contributed by atoms with van der Waals surface area (Å²) >= 11 is 2.99. The second-order valence-corrected chi connectivity index (χ2v) is 4.38. The molecule has 0 fully saturated rings. The Labute approximate surface area is 95.5 Å². The van der Waals surface area contributed by atoms with Crippen LogP contribution in [0.5, 0.6) is 0 Å². The fourth-order valence-corrected chi connectivity index (χ4v) is 2.39. The first kappa shape index (κ1) is 10.3. The number of anilines is 1. The molecule has 78 valence electrons. The SMILES string of the molecule is CNc1snnc1CSc1ccncn1. The van der Waals surface area contributed by atoms with E-state index in [0.29, 0.717) is 0 Å². The van der Waals surface area contributed by atoms with Gasteiger partial charge in [-0.05, 0) is 6.07 Å². The lowest BCUT2D eigenvalue weighted by atomic mass is 10.5. The van der Waals surface area contributed by atoms with Crippen molar-refractivity contribution in [3.05, 3.63) is 24.3 Å². The van der Waals surface area contributed by atoms with E-state index in [1.807, 2.05) is 13.1 Å². The van der Waals surface area contributed by atoms with Gasteiger partial charge in [0.15, 0.2) is 0 Å². The Hall–Kier alpha value is -1.21. The van der Waals surface area contributed by atoms with E-state index in [9.17, 15) is 0 Å². The number of thioether (sulfide) groups is 1. The first-order valence-corrected chi connectivity index (χ1v) is 6.04. The largest absolute Gasteiger partial charge is 0.377 e. The number of hydrogen-bond acceptors (Lipinski definition) is 7. The van der Waals surface area contributed by atoms with Crippen LogP contribution in [-0.4, -0.2) is 26.6 Å². The van der Waals surface area contributed by atoms with Gasteiger partial charge in [-0.15, -0.1) is 5.10 Å². The van der Waals surface area contributed by atoms with Crippen molar-refractivity contribution in [2.24, 2.45) is 0 Å². The third-order valence-corrected chi connectivity index (χ3v) is 3.44. The summed E-state index contributed by atoms with van der Waals surface area (Å²) in [4.78, 5) is 7.98. The van der Waals surface area contributed by atoms with Crippen LogP contribution in [0.2, 0.25) is 0 Å². The lowest BCUT2D eigenvalue weighted by Gasteiger charge is -1.99. The van der Waals surface area contributed by atoms with E-state index in [0.717, 1.165) is 21.5 Å². The normalized spacial score (nSPS) is 10.2. The molecular formula is C8H9N5S2. The minimum Gasteiger partial charge on any atom is -0.377 e. The van der Waals surface area contributed by atoms with Gasteiger partial charge in [0.1, 0.15) is 17.0 Å². The van der Waals surface area contributed by atoms with E-state index in [4.69, 9.17) is 0 Å². The van der Waals surface area contributed by atoms with E-state index >= 15 is 0 Å². The average molecular weight is 239 g/mol. The molecule has 0 amide bonds. The molecule has 0 aliphatic heterocycles. The summed E-state index contributed by atoms with van der Waals surface area (Å²) < 4.78 is 3.89. The van der Waals surface area contributed by atoms with Crippen LogP contribution in [0.3, 0.4) is 0 Å². The number of rotatable bonds is 4. The lowest BCUT2D eigenvalue weighted by Crippen LogP contribution is -1.91. The Morgan fingerprint density at radius 1 is 1.53 bits per heavy atom. The van der Waals surface area contributed by atoms with Gasteiger partial charge in [0.25, 0.3) is 0 Å². The highest BCUT2D eigenvalue weighted by Crippen LogP contribution is 2.25. The molecule has 0 saturated heterocycles. The van der Waals surface area contributed by atoms with Gasteiger partial charge in [-0.1, -0.05) is 16.3 Å². The van der Waals surface area contributed by atoms with Gasteiger partial charge in [0, 0.05) is 30.5 Å². The molecule has 0 atom stereocenters. The van der Waals surface area contributed by atoms with Gasteiger partial charge in [-0.2, -0.15) is 0 Å². The standard InChI is InChI=1S/C8H9N5S2/c1-9-8-6(12-13-15-8)4-14-7-2-3-10-5-11-7/h2-3,5,9H,4H2,1H3. The van der Waals surface area contributed by atoms with Crippen molar-refractivity contribution in [2.75, 3.05) is 12.4 Å². The third kappa shape index (κ3) is 2.63. The van der Waals surface area contributed by atoms with Gasteiger partial charge in [0.05, 0.1) is 5.03 Å². The fourth-order valence-electron chi connectivity index (χ4n) is 0.999. The molecular weight excluding hydrogens is 230 g/mol. The van der Waals surface area contributed by atoms with E-state index in [1.165, 1.54) is 11.5 Å². The zero-order chi connectivity index (χ0) is 10.5. The maximum absolute atomic E-state index is 4.12. The molecule has 5 nitrogen and oxygen atoms in total. The molecule has 2 aromatic rings. The first-order valence-electron chi connectivity index (χ1n) is 4.28. The maximum Gasteiger partial charge on any atom is 0.133 e. The van der Waals surface area contributed by atoms with Crippen molar-refractivity contribution in [1.29, 1.82) is 0 Å². The van der Waals surface area contributed by atoms with E-state index < -0.39 is 0 Å². The van der Waals surface area contributed by atoms with Gasteiger partial charge in [-0.3, -0.25) is 0 Å². The predicted octanol–water partition coefficient (Wildman–Crippen LogP) is 1.66. The minimum atomic E-state index is 0.768. The second kappa shape index (κ2) is 5.04. The molecule has 0 bridgehead atoms. The van der Waals surface area contributed by atoms with Crippen LogP contribution in [0, 0.1) is 0 Å². The molecule has 0 unspecified atom stereocenters. The van der Waals surface area contributed by atoms with E-state index in [2.05, 4.69) is 24.9 Å². The van der Waals surface area contributed by atoms with Gasteiger partial charge < -0.3 is 5.32 Å². The van der Waals surface area contributed by atoms with Gasteiger partial charge in [0.2, 0.25) is 0 Å². The zero-order valence-corrected chi connectivity index (χ0v) is 9.68. The predicted molar refractivity (Wildman–Crippen MR) is 61.0 cm³/mol.